The van der Waals surface area contributed by atoms with Crippen molar-refractivity contribution in [2.24, 2.45) is 10.8 Å². The highest BCUT2D eigenvalue weighted by molar-refractivity contribution is 4.92. The molecule has 1 aliphatic heterocycles. The van der Waals surface area contributed by atoms with Gasteiger partial charge in [-0.25, -0.2) is 0 Å². The number of aliphatic hydroxyl groups excluding tert-OH is 1. The van der Waals surface area contributed by atoms with Crippen molar-refractivity contribution in [2.45, 2.75) is 71.9 Å². The number of likely N-dealkylation sites (tertiary alicyclic amines) is 1. The van der Waals surface area contributed by atoms with E-state index in [1.165, 1.54) is 45.2 Å². The van der Waals surface area contributed by atoms with Gasteiger partial charge in [-0.15, -0.1) is 0 Å². The Kier molecular flexibility index (Phi) is 5.14. The van der Waals surface area contributed by atoms with E-state index in [-0.39, 0.29) is 6.10 Å². The van der Waals surface area contributed by atoms with Gasteiger partial charge in [0.15, 0.2) is 0 Å². The lowest BCUT2D eigenvalue weighted by Crippen LogP contribution is -2.47. The summed E-state index contributed by atoms with van der Waals surface area (Å²) in [6.07, 6.45) is 6.13. The summed E-state index contributed by atoms with van der Waals surface area (Å²) in [6.45, 7) is 13.4. The summed E-state index contributed by atoms with van der Waals surface area (Å²) >= 11 is 0. The first-order valence-corrected chi connectivity index (χ1v) is 8.40. The fourth-order valence-corrected chi connectivity index (χ4v) is 4.62. The summed E-state index contributed by atoms with van der Waals surface area (Å²) in [5.74, 6) is 0. The Bertz CT molecular complexity index is 292. The van der Waals surface area contributed by atoms with Gasteiger partial charge in [-0.2, -0.15) is 0 Å². The van der Waals surface area contributed by atoms with Crippen LogP contribution in [0.25, 0.3) is 0 Å². The fourth-order valence-electron chi connectivity index (χ4n) is 4.62. The molecule has 0 amide bonds. The molecule has 1 aliphatic carbocycles. The van der Waals surface area contributed by atoms with Crippen LogP contribution in [0.4, 0.5) is 0 Å². The Morgan fingerprint density at radius 3 is 2.20 bits per heavy atom. The highest BCUT2D eigenvalue weighted by atomic mass is 16.3. The van der Waals surface area contributed by atoms with Gasteiger partial charge in [0, 0.05) is 19.1 Å². The zero-order chi connectivity index (χ0) is 14.8. The molecule has 1 saturated carbocycles. The molecule has 1 heterocycles. The molecule has 3 heteroatoms. The summed E-state index contributed by atoms with van der Waals surface area (Å²) in [5, 5.41) is 13.8. The Hall–Kier alpha value is -0.120. The smallest absolute Gasteiger partial charge is 0.0791 e. The zero-order valence-electron chi connectivity index (χ0n) is 13.9. The monoisotopic (exact) mass is 282 g/mol. The first-order chi connectivity index (χ1) is 9.26. The van der Waals surface area contributed by atoms with Crippen molar-refractivity contribution in [1.82, 2.24) is 10.2 Å². The van der Waals surface area contributed by atoms with Crippen LogP contribution in [0.3, 0.4) is 0 Å². The first kappa shape index (κ1) is 16.3. The number of aliphatic hydroxyl groups is 1. The maximum Gasteiger partial charge on any atom is 0.0791 e. The second-order valence-electron chi connectivity index (χ2n) is 8.68. The van der Waals surface area contributed by atoms with Crippen LogP contribution in [0.1, 0.15) is 59.8 Å². The molecule has 0 spiro atoms. The molecule has 2 aliphatic rings. The molecule has 1 unspecified atom stereocenters. The summed E-state index contributed by atoms with van der Waals surface area (Å²) in [5.41, 5.74) is 0.832. The quantitative estimate of drug-likeness (QED) is 0.814. The molecule has 2 N–H and O–H groups in total. The van der Waals surface area contributed by atoms with Gasteiger partial charge in [0.2, 0.25) is 0 Å². The average Bonchev–Trinajstić information content (AvgIpc) is 2.75. The molecule has 0 bridgehead atoms. The molecule has 0 aromatic rings. The lowest BCUT2D eigenvalue weighted by Gasteiger charge is -2.45. The van der Waals surface area contributed by atoms with E-state index in [0.717, 1.165) is 13.1 Å². The number of hydrogen-bond donors (Lipinski definition) is 2. The molecular formula is C17H34N2O. The first-order valence-electron chi connectivity index (χ1n) is 8.40. The molecule has 2 rings (SSSR count). The Balaban J connectivity index is 1.74. The van der Waals surface area contributed by atoms with Gasteiger partial charge in [0.1, 0.15) is 0 Å². The molecule has 0 aromatic heterocycles. The zero-order valence-corrected chi connectivity index (χ0v) is 13.9. The van der Waals surface area contributed by atoms with Gasteiger partial charge >= 0.3 is 0 Å². The van der Waals surface area contributed by atoms with E-state index in [1.807, 2.05) is 0 Å². The number of rotatable bonds is 5. The number of hydrogen-bond acceptors (Lipinski definition) is 3. The van der Waals surface area contributed by atoms with Gasteiger partial charge in [-0.3, -0.25) is 0 Å². The molecule has 20 heavy (non-hydrogen) atoms. The summed E-state index contributed by atoms with van der Waals surface area (Å²) in [4.78, 5) is 2.39. The molecule has 1 atom stereocenters. The van der Waals surface area contributed by atoms with E-state index in [1.54, 1.807) is 0 Å². The molecule has 1 saturated heterocycles. The number of nitrogens with zero attached hydrogens (tertiary/aromatic N) is 1. The van der Waals surface area contributed by atoms with E-state index >= 15 is 0 Å². The molecule has 0 radical (unpaired) electrons. The lowest BCUT2D eigenvalue weighted by molar-refractivity contribution is 0.0702. The summed E-state index contributed by atoms with van der Waals surface area (Å²) in [7, 11) is 0. The average molecular weight is 282 g/mol. The minimum atomic E-state index is -0.221. The van der Waals surface area contributed by atoms with Crippen LogP contribution in [0, 0.1) is 10.8 Å². The van der Waals surface area contributed by atoms with Gasteiger partial charge in [-0.1, -0.05) is 27.7 Å². The largest absolute Gasteiger partial charge is 0.390 e. The molecular weight excluding hydrogens is 248 g/mol. The Morgan fingerprint density at radius 1 is 1.10 bits per heavy atom. The van der Waals surface area contributed by atoms with Gasteiger partial charge in [0.25, 0.3) is 0 Å². The second-order valence-corrected chi connectivity index (χ2v) is 8.68. The van der Waals surface area contributed by atoms with Crippen LogP contribution in [-0.4, -0.2) is 48.3 Å². The molecule has 118 valence electrons. The normalized spacial score (nSPS) is 28.6. The predicted octanol–water partition coefficient (Wildman–Crippen LogP) is 2.64. The lowest BCUT2D eigenvalue weighted by atomic mass is 9.63. The molecule has 2 fully saturated rings. The van der Waals surface area contributed by atoms with Crippen LogP contribution in [0.5, 0.6) is 0 Å². The maximum atomic E-state index is 10.2. The third-order valence-corrected chi connectivity index (χ3v) is 4.86. The van der Waals surface area contributed by atoms with E-state index < -0.39 is 0 Å². The summed E-state index contributed by atoms with van der Waals surface area (Å²) in [6, 6.07) is 0.557. The fraction of sp³-hybridized carbons (Fsp3) is 1.00. The van der Waals surface area contributed by atoms with E-state index in [2.05, 4.69) is 37.9 Å². The van der Waals surface area contributed by atoms with E-state index in [4.69, 9.17) is 0 Å². The van der Waals surface area contributed by atoms with Gasteiger partial charge in [0.05, 0.1) is 6.10 Å². The SMILES string of the molecule is CC1(C)CC(NCC(O)CN2CCCC2)CC(C)(C)C1. The van der Waals surface area contributed by atoms with Crippen molar-refractivity contribution in [1.29, 1.82) is 0 Å². The van der Waals surface area contributed by atoms with Crippen LogP contribution in [-0.2, 0) is 0 Å². The third kappa shape index (κ3) is 5.01. The molecule has 3 nitrogen and oxygen atoms in total. The number of β-amino-alcohol motifs (C(OH)–C–C–N with tert-alkyl or cyclic N) is 1. The van der Waals surface area contributed by atoms with Crippen molar-refractivity contribution < 1.29 is 5.11 Å². The van der Waals surface area contributed by atoms with Crippen LogP contribution in [0.15, 0.2) is 0 Å². The minimum Gasteiger partial charge on any atom is -0.390 e. The van der Waals surface area contributed by atoms with E-state index in [9.17, 15) is 5.11 Å². The summed E-state index contributed by atoms with van der Waals surface area (Å²) < 4.78 is 0. The highest BCUT2D eigenvalue weighted by Crippen LogP contribution is 2.45. The van der Waals surface area contributed by atoms with Crippen LogP contribution in [0.2, 0.25) is 0 Å². The van der Waals surface area contributed by atoms with Crippen LogP contribution >= 0.6 is 0 Å². The molecule has 0 aromatic carbocycles. The Labute approximate surface area is 125 Å². The van der Waals surface area contributed by atoms with Crippen molar-refractivity contribution in [3.05, 3.63) is 0 Å². The van der Waals surface area contributed by atoms with Gasteiger partial charge in [-0.05, 0) is 56.0 Å². The Morgan fingerprint density at radius 2 is 1.65 bits per heavy atom. The maximum absolute atomic E-state index is 10.2. The van der Waals surface area contributed by atoms with Crippen molar-refractivity contribution in [3.63, 3.8) is 0 Å². The van der Waals surface area contributed by atoms with Crippen LogP contribution < -0.4 is 5.32 Å². The standard InChI is InChI=1S/C17H34N2O/c1-16(2)9-14(10-17(3,4)13-16)18-11-15(20)12-19-7-5-6-8-19/h14-15,18,20H,5-13H2,1-4H3. The van der Waals surface area contributed by atoms with Gasteiger partial charge < -0.3 is 15.3 Å². The second kappa shape index (κ2) is 6.33. The topological polar surface area (TPSA) is 35.5 Å². The van der Waals surface area contributed by atoms with E-state index in [0.29, 0.717) is 16.9 Å². The van der Waals surface area contributed by atoms with Crippen molar-refractivity contribution in [3.8, 4) is 0 Å². The highest BCUT2D eigenvalue weighted by Gasteiger charge is 2.38. The number of nitrogens with one attached hydrogen (secondary N) is 1. The predicted molar refractivity (Wildman–Crippen MR) is 84.9 cm³/mol. The third-order valence-electron chi connectivity index (χ3n) is 4.86. The van der Waals surface area contributed by atoms with Crippen molar-refractivity contribution in [2.75, 3.05) is 26.2 Å². The van der Waals surface area contributed by atoms with Crippen molar-refractivity contribution >= 4 is 0 Å². The minimum absolute atomic E-state index is 0.221.